The van der Waals surface area contributed by atoms with Crippen LogP contribution >= 0.6 is 0 Å². The fraction of sp³-hybridized carbons (Fsp3) is 0.600. The maximum atomic E-state index is 11.6. The molecular weight excluding hydrogens is 194 g/mol. The number of nitrogens with zero attached hydrogens (tertiary/aromatic N) is 1. The third-order valence-corrected chi connectivity index (χ3v) is 2.63. The molecule has 1 saturated heterocycles. The van der Waals surface area contributed by atoms with Crippen molar-refractivity contribution >= 4 is 5.97 Å². The molecule has 15 heavy (non-hydrogen) atoms. The summed E-state index contributed by atoms with van der Waals surface area (Å²) < 4.78 is 4.97. The van der Waals surface area contributed by atoms with Gasteiger partial charge in [0, 0.05) is 12.5 Å². The third-order valence-electron chi connectivity index (χ3n) is 2.63. The fourth-order valence-corrected chi connectivity index (χ4v) is 1.88. The number of hydrogen-bond acceptors (Lipinski definition) is 4. The molecule has 0 amide bonds. The van der Waals surface area contributed by atoms with E-state index in [2.05, 4.69) is 15.5 Å². The van der Waals surface area contributed by atoms with E-state index in [-0.39, 0.29) is 5.97 Å². The number of aromatic amines is 1. The quantitative estimate of drug-likeness (QED) is 0.718. The van der Waals surface area contributed by atoms with Crippen LogP contribution in [0.2, 0.25) is 0 Å². The fourth-order valence-electron chi connectivity index (χ4n) is 1.88. The van der Waals surface area contributed by atoms with Gasteiger partial charge in [-0.2, -0.15) is 5.10 Å². The topological polar surface area (TPSA) is 67.0 Å². The molecule has 2 heterocycles. The summed E-state index contributed by atoms with van der Waals surface area (Å²) >= 11 is 0. The largest absolute Gasteiger partial charge is 0.462 e. The van der Waals surface area contributed by atoms with Crippen LogP contribution in [0.1, 0.15) is 35.3 Å². The summed E-state index contributed by atoms with van der Waals surface area (Å²) in [6.07, 6.45) is 2.58. The van der Waals surface area contributed by atoms with Crippen molar-refractivity contribution in [3.05, 3.63) is 17.5 Å². The summed E-state index contributed by atoms with van der Waals surface area (Å²) in [5.41, 5.74) is 1.48. The Hall–Kier alpha value is -1.36. The van der Waals surface area contributed by atoms with Gasteiger partial charge in [-0.15, -0.1) is 0 Å². The van der Waals surface area contributed by atoms with Crippen LogP contribution in [0.15, 0.2) is 6.20 Å². The number of esters is 1. The van der Waals surface area contributed by atoms with Gasteiger partial charge >= 0.3 is 5.97 Å². The van der Waals surface area contributed by atoms with Crippen molar-refractivity contribution in [3.8, 4) is 0 Å². The molecule has 1 aliphatic heterocycles. The molecule has 0 aromatic carbocycles. The number of H-pyrrole nitrogens is 1. The highest BCUT2D eigenvalue weighted by Gasteiger charge is 2.24. The predicted octanol–water partition coefficient (Wildman–Crippen LogP) is 0.663. The molecular formula is C10H15N3O2. The minimum atomic E-state index is -0.284. The number of hydrogen-bond donors (Lipinski definition) is 2. The summed E-state index contributed by atoms with van der Waals surface area (Å²) in [6.45, 7) is 4.09. The molecule has 82 valence electrons. The van der Waals surface area contributed by atoms with E-state index in [0.29, 0.717) is 18.1 Å². The maximum Gasteiger partial charge on any atom is 0.341 e. The lowest BCUT2D eigenvalue weighted by atomic mass is 10.0. The second-order valence-electron chi connectivity index (χ2n) is 3.61. The van der Waals surface area contributed by atoms with Crippen molar-refractivity contribution in [2.24, 2.45) is 0 Å². The Balaban J connectivity index is 2.17. The van der Waals surface area contributed by atoms with Crippen molar-refractivity contribution in [2.45, 2.75) is 19.3 Å². The molecule has 1 fully saturated rings. The molecule has 0 saturated carbocycles. The van der Waals surface area contributed by atoms with Crippen molar-refractivity contribution in [2.75, 3.05) is 19.7 Å². The predicted molar refractivity (Wildman–Crippen MR) is 54.8 cm³/mol. The Bertz CT molecular complexity index is 342. The first-order valence-electron chi connectivity index (χ1n) is 5.24. The number of nitrogens with one attached hydrogen (secondary N) is 2. The van der Waals surface area contributed by atoms with Crippen LogP contribution in [0.25, 0.3) is 0 Å². The van der Waals surface area contributed by atoms with Crippen molar-refractivity contribution in [1.29, 1.82) is 0 Å². The molecule has 1 atom stereocenters. The molecule has 1 aromatic heterocycles. The van der Waals surface area contributed by atoms with E-state index in [9.17, 15) is 4.79 Å². The van der Waals surface area contributed by atoms with E-state index in [0.717, 1.165) is 25.2 Å². The van der Waals surface area contributed by atoms with Gasteiger partial charge in [-0.05, 0) is 19.9 Å². The summed E-state index contributed by atoms with van der Waals surface area (Å²) in [5.74, 6) is 0.0695. The van der Waals surface area contributed by atoms with E-state index in [4.69, 9.17) is 4.74 Å². The smallest absolute Gasteiger partial charge is 0.341 e. The Morgan fingerprint density at radius 1 is 1.73 bits per heavy atom. The third kappa shape index (κ3) is 2.02. The molecule has 0 aliphatic carbocycles. The minimum absolute atomic E-state index is 0.284. The summed E-state index contributed by atoms with van der Waals surface area (Å²) in [7, 11) is 0. The molecule has 1 aliphatic rings. The standard InChI is InChI=1S/C10H15N3O2/c1-2-15-10(14)8-6-12-13-9(8)7-3-4-11-5-7/h6-7,11H,2-5H2,1H3,(H,12,13)/t7-/m1/s1. The van der Waals surface area contributed by atoms with Crippen LogP contribution in [0.3, 0.4) is 0 Å². The lowest BCUT2D eigenvalue weighted by Crippen LogP contribution is -2.12. The van der Waals surface area contributed by atoms with Gasteiger partial charge in [0.25, 0.3) is 0 Å². The van der Waals surface area contributed by atoms with Crippen LogP contribution in [0, 0.1) is 0 Å². The van der Waals surface area contributed by atoms with Crippen molar-refractivity contribution in [1.82, 2.24) is 15.5 Å². The van der Waals surface area contributed by atoms with E-state index in [1.807, 2.05) is 0 Å². The highest BCUT2D eigenvalue weighted by molar-refractivity contribution is 5.90. The molecule has 2 N–H and O–H groups in total. The lowest BCUT2D eigenvalue weighted by molar-refractivity contribution is 0.0524. The lowest BCUT2D eigenvalue weighted by Gasteiger charge is -2.07. The van der Waals surface area contributed by atoms with E-state index in [1.54, 1.807) is 13.1 Å². The number of carbonyl (C=O) groups excluding carboxylic acids is 1. The molecule has 0 radical (unpaired) electrons. The normalized spacial score (nSPS) is 20.5. The van der Waals surface area contributed by atoms with Gasteiger partial charge < -0.3 is 10.1 Å². The van der Waals surface area contributed by atoms with Crippen LogP contribution in [0.5, 0.6) is 0 Å². The average Bonchev–Trinajstić information content (AvgIpc) is 2.88. The van der Waals surface area contributed by atoms with Crippen molar-refractivity contribution in [3.63, 3.8) is 0 Å². The van der Waals surface area contributed by atoms with Crippen LogP contribution in [-0.4, -0.2) is 35.9 Å². The van der Waals surface area contributed by atoms with Gasteiger partial charge in [0.1, 0.15) is 5.56 Å². The monoisotopic (exact) mass is 209 g/mol. The molecule has 5 nitrogen and oxygen atoms in total. The molecule has 0 unspecified atom stereocenters. The van der Waals surface area contributed by atoms with Crippen LogP contribution < -0.4 is 5.32 Å². The number of ether oxygens (including phenoxy) is 1. The molecule has 2 rings (SSSR count). The van der Waals surface area contributed by atoms with Gasteiger partial charge in [-0.1, -0.05) is 0 Å². The molecule has 5 heteroatoms. The van der Waals surface area contributed by atoms with Gasteiger partial charge in [-0.3, -0.25) is 5.10 Å². The molecule has 0 bridgehead atoms. The first kappa shape index (κ1) is 10.2. The zero-order chi connectivity index (χ0) is 10.7. The van der Waals surface area contributed by atoms with Gasteiger partial charge in [0.05, 0.1) is 18.5 Å². The number of carbonyl (C=O) groups is 1. The Morgan fingerprint density at radius 3 is 3.27 bits per heavy atom. The zero-order valence-electron chi connectivity index (χ0n) is 8.75. The SMILES string of the molecule is CCOC(=O)c1cn[nH]c1[C@@H]1CCNC1. The summed E-state index contributed by atoms with van der Waals surface area (Å²) in [6, 6.07) is 0. The van der Waals surface area contributed by atoms with E-state index < -0.39 is 0 Å². The van der Waals surface area contributed by atoms with Gasteiger partial charge in [0.2, 0.25) is 0 Å². The van der Waals surface area contributed by atoms with Crippen LogP contribution in [0.4, 0.5) is 0 Å². The first-order chi connectivity index (χ1) is 7.33. The number of aromatic nitrogens is 2. The minimum Gasteiger partial charge on any atom is -0.462 e. The average molecular weight is 209 g/mol. The molecule has 1 aromatic rings. The Labute approximate surface area is 88.2 Å². The van der Waals surface area contributed by atoms with Gasteiger partial charge in [-0.25, -0.2) is 4.79 Å². The highest BCUT2D eigenvalue weighted by Crippen LogP contribution is 2.23. The zero-order valence-corrected chi connectivity index (χ0v) is 8.75. The Kier molecular flexibility index (Phi) is 3.01. The van der Waals surface area contributed by atoms with E-state index in [1.165, 1.54) is 0 Å². The summed E-state index contributed by atoms with van der Waals surface area (Å²) in [5, 5.41) is 10.1. The highest BCUT2D eigenvalue weighted by atomic mass is 16.5. The summed E-state index contributed by atoms with van der Waals surface area (Å²) in [4.78, 5) is 11.6. The molecule has 0 spiro atoms. The maximum absolute atomic E-state index is 11.6. The Morgan fingerprint density at radius 2 is 2.60 bits per heavy atom. The number of rotatable bonds is 3. The second-order valence-corrected chi connectivity index (χ2v) is 3.61. The van der Waals surface area contributed by atoms with Crippen LogP contribution in [-0.2, 0) is 4.74 Å². The second kappa shape index (κ2) is 4.44. The van der Waals surface area contributed by atoms with E-state index >= 15 is 0 Å². The van der Waals surface area contributed by atoms with Gasteiger partial charge in [0.15, 0.2) is 0 Å². The first-order valence-corrected chi connectivity index (χ1v) is 5.24. The van der Waals surface area contributed by atoms with Crippen molar-refractivity contribution < 1.29 is 9.53 Å².